The molecule has 1 saturated heterocycles. The van der Waals surface area contributed by atoms with Gasteiger partial charge in [-0.25, -0.2) is 13.2 Å². The number of amides is 1. The van der Waals surface area contributed by atoms with Crippen LogP contribution in [-0.4, -0.2) is 108 Å². The number of likely N-dealkylation sites (N-methyl/N-ethyl adjacent to an activating group) is 1. The lowest BCUT2D eigenvalue weighted by Gasteiger charge is -2.32. The summed E-state index contributed by atoms with van der Waals surface area (Å²) in [7, 11) is 0.121. The van der Waals surface area contributed by atoms with Gasteiger partial charge in [0.05, 0.1) is 6.04 Å². The van der Waals surface area contributed by atoms with Crippen molar-refractivity contribution in [1.82, 2.24) is 24.3 Å². The molecule has 2 atom stereocenters. The molecule has 1 amide bonds. The van der Waals surface area contributed by atoms with Gasteiger partial charge in [-0.1, -0.05) is 12.1 Å². The summed E-state index contributed by atoms with van der Waals surface area (Å²) >= 11 is 0. The lowest BCUT2D eigenvalue weighted by molar-refractivity contribution is -0.192. The van der Waals surface area contributed by atoms with Crippen molar-refractivity contribution in [2.45, 2.75) is 36.1 Å². The number of carboxylic acid groups (broad SMARTS) is 1. The van der Waals surface area contributed by atoms with E-state index in [-0.39, 0.29) is 22.9 Å². The molecule has 0 aliphatic carbocycles. The Balaban J connectivity index is 0.000000479. The molecule has 0 radical (unpaired) electrons. The maximum Gasteiger partial charge on any atom is 0.490 e. The maximum atomic E-state index is 13.5. The second kappa shape index (κ2) is 11.5. The van der Waals surface area contributed by atoms with Crippen LogP contribution in [0.3, 0.4) is 0 Å². The molecule has 11 nitrogen and oxygen atoms in total. The first kappa shape index (κ1) is 28.4. The number of aromatic amines is 1. The average Bonchev–Trinajstić information content (AvgIpc) is 3.25. The van der Waals surface area contributed by atoms with Crippen molar-refractivity contribution in [3.8, 4) is 5.75 Å². The molecular formula is C22H28F3N5O6S. The van der Waals surface area contributed by atoms with Gasteiger partial charge in [0.25, 0.3) is 5.91 Å². The third-order valence-corrected chi connectivity index (χ3v) is 7.88. The molecule has 1 aromatic carbocycles. The Morgan fingerprint density at radius 2 is 1.84 bits per heavy atom. The second-order valence-electron chi connectivity index (χ2n) is 8.73. The predicted molar refractivity (Wildman–Crippen MR) is 125 cm³/mol. The number of fused-ring (bicyclic) bond motifs is 2. The van der Waals surface area contributed by atoms with E-state index < -0.39 is 22.2 Å². The topological polar surface area (TPSA) is 136 Å². The number of rotatable bonds is 4. The number of nitrogens with one attached hydrogen (secondary N) is 1. The quantitative estimate of drug-likeness (QED) is 0.590. The molecular weight excluding hydrogens is 519 g/mol. The van der Waals surface area contributed by atoms with Crippen LogP contribution in [0.1, 0.15) is 23.3 Å². The van der Waals surface area contributed by atoms with Crippen LogP contribution in [0.4, 0.5) is 13.2 Å². The molecule has 0 spiro atoms. The number of benzene rings is 1. The number of nitrogens with zero attached hydrogens (tertiary/aromatic N) is 4. The van der Waals surface area contributed by atoms with Crippen molar-refractivity contribution in [2.24, 2.45) is 0 Å². The zero-order valence-corrected chi connectivity index (χ0v) is 21.0. The van der Waals surface area contributed by atoms with E-state index in [1.807, 2.05) is 19.0 Å². The molecule has 2 N–H and O–H groups in total. The number of sulfonamides is 1. The van der Waals surface area contributed by atoms with E-state index in [4.69, 9.17) is 14.6 Å². The fraction of sp³-hybridized carbons (Fsp3) is 0.500. The Morgan fingerprint density at radius 1 is 1.19 bits per heavy atom. The van der Waals surface area contributed by atoms with Crippen LogP contribution in [0.2, 0.25) is 0 Å². The standard InChI is InChI=1S/C20H27N5O4S.C2HF3O2/c1-23(2)13-14-25-16-8-11-24(20(26)15-7-10-21-22-15)12-9-17(16)29-18-5-3-4-6-19(18)30(25,27)28;3-2(4,5)1(6)7/h3-7,10,16-17H,8-9,11-14H2,1-2H3,(H,21,22);(H,6,7)/t16-,17-;/m0./s1. The fourth-order valence-corrected chi connectivity index (χ4v) is 5.88. The number of H-pyrrole nitrogens is 1. The summed E-state index contributed by atoms with van der Waals surface area (Å²) in [5.74, 6) is -2.51. The number of hydrogen-bond acceptors (Lipinski definition) is 7. The maximum absolute atomic E-state index is 13.5. The summed E-state index contributed by atoms with van der Waals surface area (Å²) in [6.45, 7) is 1.90. The highest BCUT2D eigenvalue weighted by Crippen LogP contribution is 2.36. The van der Waals surface area contributed by atoms with Crippen LogP contribution < -0.4 is 4.74 Å². The fourth-order valence-electron chi connectivity index (χ4n) is 4.09. The van der Waals surface area contributed by atoms with Gasteiger partial charge < -0.3 is 19.6 Å². The number of aliphatic carboxylic acids is 1. The van der Waals surface area contributed by atoms with Crippen molar-refractivity contribution < 1.29 is 41.0 Å². The number of alkyl halides is 3. The average molecular weight is 548 g/mol. The normalized spacial score (nSPS) is 21.4. The highest BCUT2D eigenvalue weighted by atomic mass is 32.2. The SMILES string of the molecule is CN(C)CCN1[C@H]2CCN(C(=O)c3ccn[nH]3)CC[C@@H]2Oc2ccccc2S1(=O)=O.O=C(O)C(F)(F)F. The van der Waals surface area contributed by atoms with E-state index in [0.717, 1.165) is 0 Å². The minimum atomic E-state index is -5.08. The molecule has 1 fully saturated rings. The lowest BCUT2D eigenvalue weighted by Crippen LogP contribution is -2.49. The molecule has 37 heavy (non-hydrogen) atoms. The van der Waals surface area contributed by atoms with Crippen LogP contribution in [0.15, 0.2) is 41.4 Å². The zero-order chi connectivity index (χ0) is 27.4. The van der Waals surface area contributed by atoms with Crippen LogP contribution in [-0.2, 0) is 14.8 Å². The highest BCUT2D eigenvalue weighted by molar-refractivity contribution is 7.89. The van der Waals surface area contributed by atoms with E-state index >= 15 is 0 Å². The van der Waals surface area contributed by atoms with Gasteiger partial charge >= 0.3 is 12.1 Å². The lowest BCUT2D eigenvalue weighted by atomic mass is 10.1. The monoisotopic (exact) mass is 547 g/mol. The predicted octanol–water partition coefficient (Wildman–Crippen LogP) is 1.66. The van der Waals surface area contributed by atoms with Gasteiger partial charge in [-0.2, -0.15) is 22.6 Å². The Kier molecular flexibility index (Phi) is 8.81. The number of para-hydroxylation sites is 1. The van der Waals surface area contributed by atoms with Crippen molar-refractivity contribution in [3.05, 3.63) is 42.2 Å². The Bertz CT molecular complexity index is 1190. The van der Waals surface area contributed by atoms with E-state index in [0.29, 0.717) is 50.5 Å². The number of carboxylic acids is 1. The van der Waals surface area contributed by atoms with Gasteiger partial charge in [0.15, 0.2) is 0 Å². The van der Waals surface area contributed by atoms with Crippen molar-refractivity contribution >= 4 is 21.9 Å². The third-order valence-electron chi connectivity index (χ3n) is 5.92. The number of hydrogen-bond donors (Lipinski definition) is 2. The Morgan fingerprint density at radius 3 is 2.43 bits per heavy atom. The largest absolute Gasteiger partial charge is 0.490 e. The van der Waals surface area contributed by atoms with Gasteiger partial charge in [-0.3, -0.25) is 9.89 Å². The number of ether oxygens (including phenoxy) is 1. The summed E-state index contributed by atoms with van der Waals surface area (Å²) in [5.41, 5.74) is 0.431. The molecule has 204 valence electrons. The molecule has 0 saturated carbocycles. The van der Waals surface area contributed by atoms with Crippen molar-refractivity contribution in [3.63, 3.8) is 0 Å². The van der Waals surface area contributed by atoms with E-state index in [1.165, 1.54) is 0 Å². The van der Waals surface area contributed by atoms with E-state index in [2.05, 4.69) is 10.2 Å². The highest BCUT2D eigenvalue weighted by Gasteiger charge is 2.43. The van der Waals surface area contributed by atoms with Crippen LogP contribution >= 0.6 is 0 Å². The molecule has 2 aliphatic heterocycles. The molecule has 0 unspecified atom stereocenters. The molecule has 2 aromatic rings. The minimum absolute atomic E-state index is 0.132. The Hall–Kier alpha value is -3.17. The molecule has 2 aliphatic rings. The molecule has 4 rings (SSSR count). The third kappa shape index (κ3) is 6.78. The smallest absolute Gasteiger partial charge is 0.487 e. The van der Waals surface area contributed by atoms with Gasteiger partial charge in [0, 0.05) is 38.8 Å². The Labute approximate surface area is 211 Å². The summed E-state index contributed by atoms with van der Waals surface area (Å²) in [6.07, 6.45) is -2.81. The number of likely N-dealkylation sites (tertiary alicyclic amines) is 1. The van der Waals surface area contributed by atoms with Crippen molar-refractivity contribution in [1.29, 1.82) is 0 Å². The molecule has 0 bridgehead atoms. The number of carbonyl (C=O) groups is 2. The first-order chi connectivity index (χ1) is 17.3. The summed E-state index contributed by atoms with van der Waals surface area (Å²) in [6, 6.07) is 8.11. The summed E-state index contributed by atoms with van der Waals surface area (Å²) in [4.78, 5) is 25.6. The van der Waals surface area contributed by atoms with E-state index in [1.54, 1.807) is 45.7 Å². The molecule has 1 aromatic heterocycles. The summed E-state index contributed by atoms with van der Waals surface area (Å²) in [5, 5.41) is 13.7. The van der Waals surface area contributed by atoms with Crippen molar-refractivity contribution in [2.75, 3.05) is 40.3 Å². The number of aromatic nitrogens is 2. The molecule has 3 heterocycles. The first-order valence-corrected chi connectivity index (χ1v) is 12.8. The number of halogens is 3. The second-order valence-corrected chi connectivity index (χ2v) is 10.6. The number of carbonyl (C=O) groups excluding carboxylic acids is 1. The van der Waals surface area contributed by atoms with E-state index in [9.17, 15) is 26.4 Å². The van der Waals surface area contributed by atoms with Crippen LogP contribution in [0.25, 0.3) is 0 Å². The minimum Gasteiger partial charge on any atom is -0.487 e. The molecule has 15 heteroatoms. The van der Waals surface area contributed by atoms with Crippen LogP contribution in [0.5, 0.6) is 5.75 Å². The van der Waals surface area contributed by atoms with Gasteiger partial charge in [-0.05, 0) is 38.7 Å². The van der Waals surface area contributed by atoms with Gasteiger partial charge in [0.2, 0.25) is 10.0 Å². The summed E-state index contributed by atoms with van der Waals surface area (Å²) < 4.78 is 66.6. The zero-order valence-electron chi connectivity index (χ0n) is 20.2. The van der Waals surface area contributed by atoms with Gasteiger partial charge in [-0.15, -0.1) is 0 Å². The van der Waals surface area contributed by atoms with Gasteiger partial charge in [0.1, 0.15) is 22.4 Å². The first-order valence-electron chi connectivity index (χ1n) is 11.3. The van der Waals surface area contributed by atoms with Crippen LogP contribution in [0, 0.1) is 0 Å².